The molecule has 0 bridgehead atoms. The molecule has 0 atom stereocenters. The normalized spacial score (nSPS) is 13.5. The number of benzene rings is 2. The van der Waals surface area contributed by atoms with Crippen LogP contribution in [0.25, 0.3) is 11.3 Å². The van der Waals surface area contributed by atoms with Crippen molar-refractivity contribution in [2.24, 2.45) is 5.92 Å². The van der Waals surface area contributed by atoms with E-state index >= 15 is 0 Å². The standard InChI is InChI=1S/C25H27N5.2ClH.H2O/c26-18-21-6-8-23(9-7-21)24-10-11-25(29-28-24)27-15-12-20-13-16-30(17-14-20)19-22-4-2-1-3-5-22;;;/h1-11,20H,12-17,19H2,(H,27,29);2*1H;1H2. The molecule has 33 heavy (non-hydrogen) atoms. The van der Waals surface area contributed by atoms with Crippen molar-refractivity contribution in [1.82, 2.24) is 15.1 Å². The molecule has 6 nitrogen and oxygen atoms in total. The quantitative estimate of drug-likeness (QED) is 0.518. The third kappa shape index (κ3) is 8.30. The Hall–Kier alpha value is -2.69. The molecule has 0 amide bonds. The summed E-state index contributed by atoms with van der Waals surface area (Å²) in [5.41, 5.74) is 3.84. The molecule has 0 saturated carbocycles. The van der Waals surface area contributed by atoms with Gasteiger partial charge in [-0.1, -0.05) is 42.5 Å². The van der Waals surface area contributed by atoms with Crippen molar-refractivity contribution in [2.75, 3.05) is 25.0 Å². The van der Waals surface area contributed by atoms with Crippen molar-refractivity contribution >= 4 is 30.6 Å². The molecule has 0 unspecified atom stereocenters. The number of rotatable bonds is 7. The highest BCUT2D eigenvalue weighted by molar-refractivity contribution is 5.85. The van der Waals surface area contributed by atoms with Crippen LogP contribution in [-0.2, 0) is 6.54 Å². The van der Waals surface area contributed by atoms with Gasteiger partial charge in [-0.05, 0) is 68.1 Å². The molecule has 0 aliphatic carbocycles. The number of aromatic nitrogens is 2. The first-order chi connectivity index (χ1) is 14.8. The molecule has 1 saturated heterocycles. The number of nitrogens with zero attached hydrogens (tertiary/aromatic N) is 4. The number of halogens is 2. The van der Waals surface area contributed by atoms with Gasteiger partial charge in [0.1, 0.15) is 5.82 Å². The number of nitrogens with one attached hydrogen (secondary N) is 1. The largest absolute Gasteiger partial charge is 0.412 e. The molecular formula is C25H31Cl2N5O. The molecular weight excluding hydrogens is 457 g/mol. The van der Waals surface area contributed by atoms with Gasteiger partial charge < -0.3 is 10.8 Å². The van der Waals surface area contributed by atoms with Gasteiger partial charge in [-0.3, -0.25) is 4.90 Å². The Morgan fingerprint density at radius 1 is 0.909 bits per heavy atom. The topological polar surface area (TPSA) is 96.3 Å². The summed E-state index contributed by atoms with van der Waals surface area (Å²) in [6, 6.07) is 24.2. The first-order valence-electron chi connectivity index (χ1n) is 10.6. The summed E-state index contributed by atoms with van der Waals surface area (Å²) in [5, 5.41) is 20.9. The third-order valence-corrected chi connectivity index (χ3v) is 5.79. The molecule has 8 heteroatoms. The molecule has 3 N–H and O–H groups in total. The lowest BCUT2D eigenvalue weighted by Crippen LogP contribution is -2.33. The second-order valence-electron chi connectivity index (χ2n) is 7.91. The highest BCUT2D eigenvalue weighted by Gasteiger charge is 2.18. The molecule has 4 rings (SSSR count). The van der Waals surface area contributed by atoms with Crippen molar-refractivity contribution in [3.63, 3.8) is 0 Å². The van der Waals surface area contributed by atoms with E-state index in [1.807, 2.05) is 24.3 Å². The molecule has 2 aromatic carbocycles. The van der Waals surface area contributed by atoms with Gasteiger partial charge in [0.2, 0.25) is 0 Å². The van der Waals surface area contributed by atoms with Gasteiger partial charge in [-0.25, -0.2) is 0 Å². The second-order valence-corrected chi connectivity index (χ2v) is 7.91. The average molecular weight is 488 g/mol. The van der Waals surface area contributed by atoms with Crippen molar-refractivity contribution in [3.05, 3.63) is 77.9 Å². The van der Waals surface area contributed by atoms with Crippen molar-refractivity contribution in [3.8, 4) is 17.3 Å². The highest BCUT2D eigenvalue weighted by Crippen LogP contribution is 2.22. The molecule has 1 aliphatic rings. The van der Waals surface area contributed by atoms with Gasteiger partial charge >= 0.3 is 0 Å². The molecule has 176 valence electrons. The number of anilines is 1. The Labute approximate surface area is 208 Å². The van der Waals surface area contributed by atoms with Gasteiger partial charge in [0.15, 0.2) is 0 Å². The lowest BCUT2D eigenvalue weighted by molar-refractivity contribution is 0.174. The Morgan fingerprint density at radius 2 is 1.61 bits per heavy atom. The Morgan fingerprint density at radius 3 is 2.21 bits per heavy atom. The van der Waals surface area contributed by atoms with Crippen LogP contribution in [0.3, 0.4) is 0 Å². The van der Waals surface area contributed by atoms with Crippen LogP contribution in [-0.4, -0.2) is 40.2 Å². The summed E-state index contributed by atoms with van der Waals surface area (Å²) in [6.07, 6.45) is 3.69. The summed E-state index contributed by atoms with van der Waals surface area (Å²) >= 11 is 0. The summed E-state index contributed by atoms with van der Waals surface area (Å²) < 4.78 is 0. The maximum Gasteiger partial charge on any atom is 0.148 e. The first kappa shape index (κ1) is 28.3. The zero-order valence-corrected chi connectivity index (χ0v) is 20.1. The van der Waals surface area contributed by atoms with Crippen LogP contribution in [0.1, 0.15) is 30.4 Å². The first-order valence-corrected chi connectivity index (χ1v) is 10.6. The fourth-order valence-corrected chi connectivity index (χ4v) is 3.98. The van der Waals surface area contributed by atoms with E-state index in [1.165, 1.54) is 31.5 Å². The number of hydrogen-bond acceptors (Lipinski definition) is 5. The fraction of sp³-hybridized carbons (Fsp3) is 0.320. The van der Waals surface area contributed by atoms with Crippen molar-refractivity contribution in [2.45, 2.75) is 25.8 Å². The lowest BCUT2D eigenvalue weighted by atomic mass is 9.93. The molecule has 2 heterocycles. The molecule has 1 aromatic heterocycles. The molecule has 1 fully saturated rings. The monoisotopic (exact) mass is 487 g/mol. The minimum Gasteiger partial charge on any atom is -0.412 e. The van der Waals surface area contributed by atoms with E-state index < -0.39 is 0 Å². The van der Waals surface area contributed by atoms with E-state index in [-0.39, 0.29) is 30.3 Å². The highest BCUT2D eigenvalue weighted by atomic mass is 35.5. The maximum absolute atomic E-state index is 8.90. The minimum atomic E-state index is 0. The van der Waals surface area contributed by atoms with Crippen LogP contribution in [0, 0.1) is 17.2 Å². The lowest BCUT2D eigenvalue weighted by Gasteiger charge is -2.32. The molecule has 3 aromatic rings. The van der Waals surface area contributed by atoms with Gasteiger partial charge in [-0.2, -0.15) is 5.26 Å². The van der Waals surface area contributed by atoms with E-state index in [4.69, 9.17) is 5.26 Å². The number of likely N-dealkylation sites (tertiary alicyclic amines) is 1. The number of piperidine rings is 1. The Kier molecular flexibility index (Phi) is 12.4. The number of nitriles is 1. The van der Waals surface area contributed by atoms with Crippen LogP contribution >= 0.6 is 24.8 Å². The summed E-state index contributed by atoms with van der Waals surface area (Å²) in [6.45, 7) is 4.35. The maximum atomic E-state index is 8.90. The van der Waals surface area contributed by atoms with E-state index in [0.717, 1.165) is 42.5 Å². The van der Waals surface area contributed by atoms with E-state index in [2.05, 4.69) is 56.8 Å². The SMILES string of the molecule is Cl.Cl.N#Cc1ccc(-c2ccc(NCCC3CCN(Cc4ccccc4)CC3)nn2)cc1.O. The zero-order valence-electron chi connectivity index (χ0n) is 18.5. The molecule has 0 radical (unpaired) electrons. The van der Waals surface area contributed by atoms with Gasteiger partial charge in [-0.15, -0.1) is 35.0 Å². The van der Waals surface area contributed by atoms with Crippen LogP contribution in [0.2, 0.25) is 0 Å². The second kappa shape index (κ2) is 14.5. The number of hydrogen-bond donors (Lipinski definition) is 1. The summed E-state index contributed by atoms with van der Waals surface area (Å²) in [5.74, 6) is 1.59. The van der Waals surface area contributed by atoms with Gasteiger partial charge in [0.25, 0.3) is 0 Å². The van der Waals surface area contributed by atoms with Gasteiger partial charge in [0.05, 0.1) is 17.3 Å². The van der Waals surface area contributed by atoms with E-state index in [1.54, 1.807) is 12.1 Å². The average Bonchev–Trinajstić information content (AvgIpc) is 2.81. The van der Waals surface area contributed by atoms with Crippen LogP contribution in [0.5, 0.6) is 0 Å². The third-order valence-electron chi connectivity index (χ3n) is 5.79. The minimum absolute atomic E-state index is 0. The fourth-order valence-electron chi connectivity index (χ4n) is 3.98. The predicted octanol–water partition coefficient (Wildman–Crippen LogP) is 4.75. The van der Waals surface area contributed by atoms with Crippen molar-refractivity contribution < 1.29 is 5.48 Å². The molecule has 0 spiro atoms. The van der Waals surface area contributed by atoms with Crippen molar-refractivity contribution in [1.29, 1.82) is 5.26 Å². The summed E-state index contributed by atoms with van der Waals surface area (Å²) in [4.78, 5) is 2.56. The smallest absolute Gasteiger partial charge is 0.148 e. The predicted molar refractivity (Wildman–Crippen MR) is 138 cm³/mol. The summed E-state index contributed by atoms with van der Waals surface area (Å²) in [7, 11) is 0. The molecule has 1 aliphatic heterocycles. The van der Waals surface area contributed by atoms with E-state index in [9.17, 15) is 0 Å². The van der Waals surface area contributed by atoms with Crippen LogP contribution in [0.15, 0.2) is 66.7 Å². The van der Waals surface area contributed by atoms with Crippen LogP contribution in [0.4, 0.5) is 5.82 Å². The van der Waals surface area contributed by atoms with E-state index in [0.29, 0.717) is 5.56 Å². The van der Waals surface area contributed by atoms with Gasteiger partial charge in [0, 0.05) is 18.7 Å². The Balaban J connectivity index is 0.00000181. The zero-order chi connectivity index (χ0) is 20.6. The Bertz CT molecular complexity index is 970. The van der Waals surface area contributed by atoms with Crippen LogP contribution < -0.4 is 5.32 Å².